The third kappa shape index (κ3) is 1.73. The third-order valence-corrected chi connectivity index (χ3v) is 5.47. The Labute approximate surface area is 111 Å². The molecule has 0 bridgehead atoms. The van der Waals surface area contributed by atoms with Gasteiger partial charge in [-0.25, -0.2) is 4.39 Å². The van der Waals surface area contributed by atoms with Gasteiger partial charge in [-0.05, 0) is 41.7 Å². The summed E-state index contributed by atoms with van der Waals surface area (Å²) in [6.45, 7) is 2.29. The first-order chi connectivity index (χ1) is 8.70. The van der Waals surface area contributed by atoms with Gasteiger partial charge in [-0.3, -0.25) is 9.29 Å². The highest BCUT2D eigenvalue weighted by molar-refractivity contribution is 7.07. The summed E-state index contributed by atoms with van der Waals surface area (Å²) >= 11 is 1.64. The van der Waals surface area contributed by atoms with Gasteiger partial charge in [0, 0.05) is 24.0 Å². The maximum atomic E-state index is 13.8. The summed E-state index contributed by atoms with van der Waals surface area (Å²) in [5.41, 5.74) is 1.08. The molecule has 2 aliphatic rings. The average Bonchev–Trinajstić information content (AvgIpc) is 3.01. The lowest BCUT2D eigenvalue weighted by atomic mass is 9.86. The van der Waals surface area contributed by atoms with E-state index in [1.165, 1.54) is 5.56 Å². The standard InChI is InChI=1S/C14H19F2NS/c1-2-14-5-11(7-15)13(10-3-4-18-9-10)17(14)8-12(16)6-14/h3-4,9,11-13H,2,5-8H2,1H3. The molecule has 0 aromatic carbocycles. The van der Waals surface area contributed by atoms with Crippen LogP contribution in [0.5, 0.6) is 0 Å². The summed E-state index contributed by atoms with van der Waals surface area (Å²) in [7, 11) is 0. The molecule has 4 unspecified atom stereocenters. The quantitative estimate of drug-likeness (QED) is 0.804. The Morgan fingerprint density at radius 1 is 1.50 bits per heavy atom. The molecule has 3 heterocycles. The smallest absolute Gasteiger partial charge is 0.115 e. The van der Waals surface area contributed by atoms with Crippen LogP contribution >= 0.6 is 11.3 Å². The lowest BCUT2D eigenvalue weighted by Gasteiger charge is -2.33. The summed E-state index contributed by atoms with van der Waals surface area (Å²) in [6, 6.07) is 2.15. The van der Waals surface area contributed by atoms with Crippen molar-refractivity contribution in [3.63, 3.8) is 0 Å². The molecular weight excluding hydrogens is 252 g/mol. The van der Waals surface area contributed by atoms with Gasteiger partial charge in [-0.2, -0.15) is 11.3 Å². The summed E-state index contributed by atoms with van der Waals surface area (Å²) in [6.07, 6.45) is 1.57. The highest BCUT2D eigenvalue weighted by Gasteiger charge is 2.56. The van der Waals surface area contributed by atoms with Gasteiger partial charge in [0.15, 0.2) is 0 Å². The minimum absolute atomic E-state index is 0.0343. The van der Waals surface area contributed by atoms with Gasteiger partial charge >= 0.3 is 0 Å². The molecular formula is C14H19F2NS. The molecule has 3 rings (SSSR count). The van der Waals surface area contributed by atoms with E-state index in [1.807, 2.05) is 5.38 Å². The maximum Gasteiger partial charge on any atom is 0.115 e. The molecule has 4 heteroatoms. The maximum absolute atomic E-state index is 13.8. The molecule has 100 valence electrons. The van der Waals surface area contributed by atoms with E-state index in [0.717, 1.165) is 12.8 Å². The average molecular weight is 271 g/mol. The van der Waals surface area contributed by atoms with Gasteiger partial charge in [0.25, 0.3) is 0 Å². The van der Waals surface area contributed by atoms with Crippen LogP contribution in [-0.2, 0) is 0 Å². The van der Waals surface area contributed by atoms with Crippen LogP contribution < -0.4 is 0 Å². The number of fused-ring (bicyclic) bond motifs is 1. The molecule has 0 aliphatic carbocycles. The number of alkyl halides is 2. The van der Waals surface area contributed by atoms with Gasteiger partial charge in [0.05, 0.1) is 6.67 Å². The summed E-state index contributed by atoms with van der Waals surface area (Å²) in [5, 5.41) is 4.12. The molecule has 18 heavy (non-hydrogen) atoms. The number of rotatable bonds is 3. The van der Waals surface area contributed by atoms with Crippen LogP contribution in [0.1, 0.15) is 37.8 Å². The molecule has 0 spiro atoms. The summed E-state index contributed by atoms with van der Waals surface area (Å²) in [5.74, 6) is 0.0343. The highest BCUT2D eigenvalue weighted by Crippen LogP contribution is 2.54. The fourth-order valence-corrected chi connectivity index (χ4v) is 4.68. The second kappa shape index (κ2) is 4.57. The van der Waals surface area contributed by atoms with E-state index < -0.39 is 6.17 Å². The number of hydrogen-bond acceptors (Lipinski definition) is 2. The van der Waals surface area contributed by atoms with Crippen LogP contribution in [0.4, 0.5) is 8.78 Å². The molecule has 1 aromatic rings. The Hall–Kier alpha value is -0.480. The lowest BCUT2D eigenvalue weighted by Crippen LogP contribution is -2.38. The van der Waals surface area contributed by atoms with Crippen molar-refractivity contribution in [1.29, 1.82) is 0 Å². The van der Waals surface area contributed by atoms with Gasteiger partial charge in [0.1, 0.15) is 6.17 Å². The normalized spacial score (nSPS) is 40.3. The van der Waals surface area contributed by atoms with Crippen molar-refractivity contribution in [3.8, 4) is 0 Å². The predicted molar refractivity (Wildman–Crippen MR) is 70.4 cm³/mol. The van der Waals surface area contributed by atoms with E-state index in [9.17, 15) is 8.78 Å². The van der Waals surface area contributed by atoms with E-state index in [1.54, 1.807) is 11.3 Å². The Morgan fingerprint density at radius 2 is 2.33 bits per heavy atom. The highest BCUT2D eigenvalue weighted by atomic mass is 32.1. The van der Waals surface area contributed by atoms with Crippen LogP contribution in [0.25, 0.3) is 0 Å². The second-order valence-electron chi connectivity index (χ2n) is 5.65. The van der Waals surface area contributed by atoms with Crippen molar-refractivity contribution in [2.75, 3.05) is 13.2 Å². The van der Waals surface area contributed by atoms with E-state index in [4.69, 9.17) is 0 Å². The first-order valence-corrected chi connectivity index (χ1v) is 7.63. The molecule has 0 amide bonds. The van der Waals surface area contributed by atoms with E-state index in [-0.39, 0.29) is 24.2 Å². The van der Waals surface area contributed by atoms with Gasteiger partial charge in [0.2, 0.25) is 0 Å². The zero-order chi connectivity index (χ0) is 12.8. The molecule has 0 radical (unpaired) electrons. The van der Waals surface area contributed by atoms with Crippen LogP contribution in [0, 0.1) is 5.92 Å². The fraction of sp³-hybridized carbons (Fsp3) is 0.714. The van der Waals surface area contributed by atoms with Crippen LogP contribution in [0.2, 0.25) is 0 Å². The van der Waals surface area contributed by atoms with Crippen molar-refractivity contribution >= 4 is 11.3 Å². The minimum Gasteiger partial charge on any atom is -0.287 e. The fourth-order valence-electron chi connectivity index (χ4n) is 3.99. The Balaban J connectivity index is 1.96. The molecule has 4 atom stereocenters. The van der Waals surface area contributed by atoms with Crippen LogP contribution in [-0.4, -0.2) is 29.8 Å². The van der Waals surface area contributed by atoms with E-state index >= 15 is 0 Å². The summed E-state index contributed by atoms with van der Waals surface area (Å²) < 4.78 is 27.1. The van der Waals surface area contributed by atoms with Gasteiger partial charge in [-0.1, -0.05) is 6.92 Å². The molecule has 1 nitrogen and oxygen atoms in total. The SMILES string of the molecule is CCC12CC(F)CN1C(c1ccsc1)C(CF)C2. The van der Waals surface area contributed by atoms with Crippen molar-refractivity contribution in [1.82, 2.24) is 4.90 Å². The molecule has 0 saturated carbocycles. The van der Waals surface area contributed by atoms with Crippen LogP contribution in [0.15, 0.2) is 16.8 Å². The monoisotopic (exact) mass is 271 g/mol. The van der Waals surface area contributed by atoms with Crippen LogP contribution in [0.3, 0.4) is 0 Å². The van der Waals surface area contributed by atoms with E-state index in [2.05, 4.69) is 23.3 Å². The number of nitrogens with zero attached hydrogens (tertiary/aromatic N) is 1. The Kier molecular flexibility index (Phi) is 3.18. The van der Waals surface area contributed by atoms with Gasteiger partial charge in [-0.15, -0.1) is 0 Å². The number of hydrogen-bond donors (Lipinski definition) is 0. The Bertz CT molecular complexity index is 408. The summed E-state index contributed by atoms with van der Waals surface area (Å²) in [4.78, 5) is 2.25. The van der Waals surface area contributed by atoms with Crippen molar-refractivity contribution < 1.29 is 8.78 Å². The lowest BCUT2D eigenvalue weighted by molar-refractivity contribution is 0.137. The zero-order valence-electron chi connectivity index (χ0n) is 10.6. The first-order valence-electron chi connectivity index (χ1n) is 6.69. The van der Waals surface area contributed by atoms with Crippen molar-refractivity contribution in [2.24, 2.45) is 5.92 Å². The third-order valence-electron chi connectivity index (χ3n) is 4.77. The minimum atomic E-state index is -0.744. The van der Waals surface area contributed by atoms with Crippen molar-refractivity contribution in [3.05, 3.63) is 22.4 Å². The second-order valence-corrected chi connectivity index (χ2v) is 6.43. The zero-order valence-corrected chi connectivity index (χ0v) is 11.4. The molecule has 2 fully saturated rings. The predicted octanol–water partition coefficient (Wildman–Crippen LogP) is 3.97. The topological polar surface area (TPSA) is 3.24 Å². The molecule has 1 aromatic heterocycles. The van der Waals surface area contributed by atoms with E-state index in [0.29, 0.717) is 13.0 Å². The number of thiophene rings is 1. The van der Waals surface area contributed by atoms with Crippen molar-refractivity contribution in [2.45, 2.75) is 43.9 Å². The molecule has 2 aliphatic heterocycles. The largest absolute Gasteiger partial charge is 0.287 e. The number of halogens is 2. The molecule has 2 saturated heterocycles. The first kappa shape index (κ1) is 12.5. The van der Waals surface area contributed by atoms with Gasteiger partial charge < -0.3 is 0 Å². The molecule has 0 N–H and O–H groups in total. The Morgan fingerprint density at radius 3 is 2.94 bits per heavy atom.